The normalized spacial score (nSPS) is 11.3. The molecular formula is C26H25NO8. The summed E-state index contributed by atoms with van der Waals surface area (Å²) in [5.41, 5.74) is 0.349. The van der Waals surface area contributed by atoms with Gasteiger partial charge in [-0.25, -0.2) is 9.59 Å². The van der Waals surface area contributed by atoms with E-state index in [4.69, 9.17) is 18.9 Å². The van der Waals surface area contributed by atoms with Crippen molar-refractivity contribution in [1.29, 1.82) is 0 Å². The first kappa shape index (κ1) is 25.2. The molecule has 182 valence electrons. The number of hydrogen-bond acceptors (Lipinski definition) is 8. The standard InChI is InChI=1S/C26H25NO8/c1-4-17(2)16-33-24-15-22(32-3)13-14-23(24)26(29)35-20-9-5-18(6-10-20)25(28)34-21-11-7-19(8-12-21)27(30)31/h5-15,17H,4,16H2,1-3H3/t17-/m1/s1. The van der Waals surface area contributed by atoms with Gasteiger partial charge in [-0.1, -0.05) is 20.3 Å². The molecule has 0 radical (unpaired) electrons. The highest BCUT2D eigenvalue weighted by Gasteiger charge is 2.18. The van der Waals surface area contributed by atoms with Crippen LogP contribution in [0, 0.1) is 16.0 Å². The lowest BCUT2D eigenvalue weighted by Crippen LogP contribution is -2.14. The highest BCUT2D eigenvalue weighted by Crippen LogP contribution is 2.27. The zero-order chi connectivity index (χ0) is 25.4. The number of nitrogens with zero attached hydrogens (tertiary/aromatic N) is 1. The first-order chi connectivity index (χ1) is 16.8. The van der Waals surface area contributed by atoms with E-state index in [9.17, 15) is 19.7 Å². The minimum atomic E-state index is -0.660. The number of rotatable bonds is 10. The highest BCUT2D eigenvalue weighted by molar-refractivity contribution is 5.94. The van der Waals surface area contributed by atoms with Gasteiger partial charge in [0.15, 0.2) is 0 Å². The lowest BCUT2D eigenvalue weighted by molar-refractivity contribution is -0.384. The summed E-state index contributed by atoms with van der Waals surface area (Å²) in [5.74, 6) is 0.338. The van der Waals surface area contributed by atoms with E-state index in [0.29, 0.717) is 24.0 Å². The highest BCUT2D eigenvalue weighted by atomic mass is 16.6. The van der Waals surface area contributed by atoms with Crippen molar-refractivity contribution in [2.45, 2.75) is 20.3 Å². The maximum absolute atomic E-state index is 12.8. The van der Waals surface area contributed by atoms with Gasteiger partial charge in [-0.3, -0.25) is 10.1 Å². The van der Waals surface area contributed by atoms with Crippen LogP contribution in [-0.2, 0) is 0 Å². The number of nitro benzene ring substituents is 1. The van der Waals surface area contributed by atoms with Crippen LogP contribution in [0.25, 0.3) is 0 Å². The molecule has 0 aliphatic heterocycles. The van der Waals surface area contributed by atoms with Crippen molar-refractivity contribution in [3.63, 3.8) is 0 Å². The van der Waals surface area contributed by atoms with Crippen molar-refractivity contribution in [1.82, 2.24) is 0 Å². The third-order valence-corrected chi connectivity index (χ3v) is 5.19. The van der Waals surface area contributed by atoms with Crippen LogP contribution in [0.3, 0.4) is 0 Å². The summed E-state index contributed by atoms with van der Waals surface area (Å²) in [4.78, 5) is 35.3. The van der Waals surface area contributed by atoms with Crippen molar-refractivity contribution < 1.29 is 33.5 Å². The van der Waals surface area contributed by atoms with Gasteiger partial charge in [0, 0.05) is 18.2 Å². The third kappa shape index (κ3) is 6.80. The summed E-state index contributed by atoms with van der Waals surface area (Å²) in [5, 5.41) is 10.7. The maximum atomic E-state index is 12.8. The Morgan fingerprint density at radius 2 is 1.46 bits per heavy atom. The Morgan fingerprint density at radius 3 is 2.03 bits per heavy atom. The molecular weight excluding hydrogens is 454 g/mol. The van der Waals surface area contributed by atoms with E-state index in [-0.39, 0.29) is 28.3 Å². The second kappa shape index (κ2) is 11.6. The topological polar surface area (TPSA) is 114 Å². The number of carbonyl (C=O) groups excluding carboxylic acids is 2. The molecule has 0 unspecified atom stereocenters. The number of methoxy groups -OCH3 is 1. The van der Waals surface area contributed by atoms with Gasteiger partial charge in [-0.05, 0) is 54.4 Å². The van der Waals surface area contributed by atoms with Gasteiger partial charge in [0.25, 0.3) is 5.69 Å². The number of carbonyl (C=O) groups is 2. The molecule has 3 rings (SSSR count). The second-order valence-corrected chi connectivity index (χ2v) is 7.74. The monoisotopic (exact) mass is 479 g/mol. The third-order valence-electron chi connectivity index (χ3n) is 5.19. The average Bonchev–Trinajstić information content (AvgIpc) is 2.87. The van der Waals surface area contributed by atoms with E-state index in [1.165, 1.54) is 55.6 Å². The average molecular weight is 479 g/mol. The lowest BCUT2D eigenvalue weighted by Gasteiger charge is -2.15. The molecule has 9 heteroatoms. The summed E-state index contributed by atoms with van der Waals surface area (Å²) in [6.07, 6.45) is 0.933. The first-order valence-electron chi connectivity index (χ1n) is 10.9. The van der Waals surface area contributed by atoms with Gasteiger partial charge in [-0.2, -0.15) is 0 Å². The number of esters is 2. The predicted molar refractivity (Wildman–Crippen MR) is 127 cm³/mol. The smallest absolute Gasteiger partial charge is 0.347 e. The number of nitro groups is 1. The lowest BCUT2D eigenvalue weighted by atomic mass is 10.1. The fourth-order valence-electron chi connectivity index (χ4n) is 2.89. The second-order valence-electron chi connectivity index (χ2n) is 7.74. The largest absolute Gasteiger partial charge is 0.497 e. The van der Waals surface area contributed by atoms with Gasteiger partial charge in [0.05, 0.1) is 24.2 Å². The molecule has 0 saturated heterocycles. The molecule has 0 aliphatic carbocycles. The van der Waals surface area contributed by atoms with Crippen LogP contribution in [0.4, 0.5) is 5.69 Å². The Hall–Kier alpha value is -4.40. The van der Waals surface area contributed by atoms with Crippen LogP contribution in [0.2, 0.25) is 0 Å². The van der Waals surface area contributed by atoms with Gasteiger partial charge in [-0.15, -0.1) is 0 Å². The van der Waals surface area contributed by atoms with Gasteiger partial charge < -0.3 is 18.9 Å². The van der Waals surface area contributed by atoms with Crippen molar-refractivity contribution in [2.75, 3.05) is 13.7 Å². The minimum absolute atomic E-state index is 0.110. The van der Waals surface area contributed by atoms with Crippen LogP contribution < -0.4 is 18.9 Å². The van der Waals surface area contributed by atoms with E-state index in [1.54, 1.807) is 18.2 Å². The molecule has 9 nitrogen and oxygen atoms in total. The molecule has 0 fully saturated rings. The Balaban J connectivity index is 1.67. The molecule has 0 saturated carbocycles. The number of non-ortho nitro benzene ring substituents is 1. The number of ether oxygens (including phenoxy) is 4. The van der Waals surface area contributed by atoms with Gasteiger partial charge in [0.2, 0.25) is 0 Å². The summed E-state index contributed by atoms with van der Waals surface area (Å²) >= 11 is 0. The van der Waals surface area contributed by atoms with Crippen molar-refractivity contribution in [3.8, 4) is 23.0 Å². The number of hydrogen-bond donors (Lipinski definition) is 0. The molecule has 0 spiro atoms. The van der Waals surface area contributed by atoms with Crippen LogP contribution in [-0.4, -0.2) is 30.6 Å². The van der Waals surface area contributed by atoms with Crippen LogP contribution in [0.15, 0.2) is 66.7 Å². The van der Waals surface area contributed by atoms with Crippen LogP contribution in [0.1, 0.15) is 41.0 Å². The van der Waals surface area contributed by atoms with E-state index in [0.717, 1.165) is 6.42 Å². The molecule has 3 aromatic carbocycles. The van der Waals surface area contributed by atoms with Crippen molar-refractivity contribution in [3.05, 3.63) is 88.0 Å². The minimum Gasteiger partial charge on any atom is -0.497 e. The Morgan fingerprint density at radius 1 is 0.886 bits per heavy atom. The summed E-state index contributed by atoms with van der Waals surface area (Å²) in [6.45, 7) is 4.54. The fraction of sp³-hybridized carbons (Fsp3) is 0.231. The maximum Gasteiger partial charge on any atom is 0.347 e. The Labute approximate surface area is 202 Å². The summed E-state index contributed by atoms with van der Waals surface area (Å²) in [6, 6.07) is 15.8. The molecule has 0 bridgehead atoms. The molecule has 0 N–H and O–H groups in total. The Bertz CT molecular complexity index is 1190. The summed E-state index contributed by atoms with van der Waals surface area (Å²) < 4.78 is 21.8. The molecule has 1 atom stereocenters. The van der Waals surface area contributed by atoms with Gasteiger partial charge in [0.1, 0.15) is 28.6 Å². The van der Waals surface area contributed by atoms with Crippen molar-refractivity contribution >= 4 is 17.6 Å². The van der Waals surface area contributed by atoms with Crippen LogP contribution >= 0.6 is 0 Å². The zero-order valence-electron chi connectivity index (χ0n) is 19.6. The summed E-state index contributed by atoms with van der Waals surface area (Å²) in [7, 11) is 1.53. The Kier molecular flexibility index (Phi) is 8.39. The van der Waals surface area contributed by atoms with E-state index < -0.39 is 16.9 Å². The molecule has 0 heterocycles. The van der Waals surface area contributed by atoms with Crippen LogP contribution in [0.5, 0.6) is 23.0 Å². The fourth-order valence-corrected chi connectivity index (χ4v) is 2.89. The molecule has 0 aromatic heterocycles. The molecule has 0 amide bonds. The van der Waals surface area contributed by atoms with Gasteiger partial charge >= 0.3 is 11.9 Å². The van der Waals surface area contributed by atoms with E-state index in [1.807, 2.05) is 6.92 Å². The SMILES string of the molecule is CC[C@@H](C)COc1cc(OC)ccc1C(=O)Oc1ccc(C(=O)Oc2ccc([N+](=O)[O-])cc2)cc1. The first-order valence-corrected chi connectivity index (χ1v) is 10.9. The van der Waals surface area contributed by atoms with E-state index >= 15 is 0 Å². The molecule has 35 heavy (non-hydrogen) atoms. The number of benzene rings is 3. The van der Waals surface area contributed by atoms with Crippen molar-refractivity contribution in [2.24, 2.45) is 5.92 Å². The molecule has 0 aliphatic rings. The van der Waals surface area contributed by atoms with E-state index in [2.05, 4.69) is 6.92 Å². The predicted octanol–water partition coefficient (Wildman–Crippen LogP) is 5.47. The quantitative estimate of drug-likeness (QED) is 0.163. The molecule has 3 aromatic rings. The zero-order valence-corrected chi connectivity index (χ0v) is 19.6.